The Hall–Kier alpha value is -1.56. The Morgan fingerprint density at radius 2 is 0.969 bits per heavy atom. The third-order valence-corrected chi connectivity index (χ3v) is 6.93. The summed E-state index contributed by atoms with van der Waals surface area (Å²) in [6.07, 6.45) is 31.4. The van der Waals surface area contributed by atoms with Crippen molar-refractivity contribution < 1.29 is 0 Å². The SMILES string of the molecule is C/C=C/CCCCCCCCCCCCCCCCCCCc1cccc2ccccc12. The second-order valence-corrected chi connectivity index (χ2v) is 9.76. The van der Waals surface area contributed by atoms with E-state index in [1.165, 1.54) is 138 Å². The van der Waals surface area contributed by atoms with Crippen LogP contribution >= 0.6 is 0 Å². The maximum absolute atomic E-state index is 2.32. The van der Waals surface area contributed by atoms with E-state index >= 15 is 0 Å². The number of allylic oxidation sites excluding steroid dienone is 2. The Kier molecular flexibility index (Phi) is 15.8. The van der Waals surface area contributed by atoms with Gasteiger partial charge in [0.25, 0.3) is 0 Å². The fourth-order valence-electron chi connectivity index (χ4n) is 4.91. The number of benzene rings is 2. The van der Waals surface area contributed by atoms with Crippen molar-refractivity contribution in [2.45, 2.75) is 129 Å². The van der Waals surface area contributed by atoms with Gasteiger partial charge in [0.05, 0.1) is 0 Å². The maximum atomic E-state index is 2.32. The molecule has 0 aliphatic rings. The monoisotopic (exact) mass is 434 g/mol. The van der Waals surface area contributed by atoms with Crippen LogP contribution in [-0.2, 0) is 6.42 Å². The quantitative estimate of drug-likeness (QED) is 0.143. The van der Waals surface area contributed by atoms with Gasteiger partial charge in [-0.2, -0.15) is 0 Å². The van der Waals surface area contributed by atoms with E-state index in [1.807, 2.05) is 0 Å². The lowest BCUT2D eigenvalue weighted by molar-refractivity contribution is 0.526. The predicted octanol–water partition coefficient (Wildman–Crippen LogP) is 11.0. The highest BCUT2D eigenvalue weighted by Gasteiger charge is 2.00. The highest BCUT2D eigenvalue weighted by molar-refractivity contribution is 5.85. The minimum absolute atomic E-state index is 1.23. The molecular weight excluding hydrogens is 384 g/mol. The van der Waals surface area contributed by atoms with Crippen LogP contribution in [0.4, 0.5) is 0 Å². The molecule has 0 heteroatoms. The Bertz CT molecular complexity index is 706. The van der Waals surface area contributed by atoms with Gasteiger partial charge in [0, 0.05) is 0 Å². The topological polar surface area (TPSA) is 0 Å². The van der Waals surface area contributed by atoms with Gasteiger partial charge in [-0.15, -0.1) is 0 Å². The second-order valence-electron chi connectivity index (χ2n) is 9.76. The normalized spacial score (nSPS) is 11.7. The molecule has 0 atom stereocenters. The predicted molar refractivity (Wildman–Crippen MR) is 146 cm³/mol. The summed E-state index contributed by atoms with van der Waals surface area (Å²) in [5.41, 5.74) is 1.53. The zero-order chi connectivity index (χ0) is 22.5. The Balaban J connectivity index is 1.30. The lowest BCUT2D eigenvalue weighted by Crippen LogP contribution is -1.88. The van der Waals surface area contributed by atoms with E-state index in [1.54, 1.807) is 0 Å². The molecule has 0 bridgehead atoms. The van der Waals surface area contributed by atoms with Gasteiger partial charge in [-0.1, -0.05) is 151 Å². The molecule has 2 rings (SSSR count). The van der Waals surface area contributed by atoms with Crippen molar-refractivity contribution in [2.75, 3.05) is 0 Å². The zero-order valence-corrected chi connectivity index (χ0v) is 21.1. The highest BCUT2D eigenvalue weighted by atomic mass is 14.1. The molecule has 0 saturated carbocycles. The van der Waals surface area contributed by atoms with Crippen molar-refractivity contribution >= 4 is 10.8 Å². The fraction of sp³-hybridized carbons (Fsp3) is 0.625. The van der Waals surface area contributed by atoms with Gasteiger partial charge in [-0.3, -0.25) is 0 Å². The smallest absolute Gasteiger partial charge is 0.0152 e. The van der Waals surface area contributed by atoms with Crippen LogP contribution in [-0.4, -0.2) is 0 Å². The molecule has 0 saturated heterocycles. The van der Waals surface area contributed by atoms with Crippen LogP contribution in [0.1, 0.15) is 128 Å². The van der Waals surface area contributed by atoms with Gasteiger partial charge in [0.2, 0.25) is 0 Å². The molecule has 0 nitrogen and oxygen atoms in total. The molecule has 0 unspecified atom stereocenters. The molecule has 0 fully saturated rings. The van der Waals surface area contributed by atoms with Crippen LogP contribution in [0.2, 0.25) is 0 Å². The minimum Gasteiger partial charge on any atom is -0.0917 e. The van der Waals surface area contributed by atoms with Crippen molar-refractivity contribution in [3.8, 4) is 0 Å². The maximum Gasteiger partial charge on any atom is -0.0152 e. The number of aryl methyl sites for hydroxylation is 1. The average molecular weight is 435 g/mol. The van der Waals surface area contributed by atoms with Crippen molar-refractivity contribution in [3.63, 3.8) is 0 Å². The highest BCUT2D eigenvalue weighted by Crippen LogP contribution is 2.21. The number of rotatable bonds is 20. The van der Waals surface area contributed by atoms with E-state index in [9.17, 15) is 0 Å². The number of hydrogen-bond donors (Lipinski definition) is 0. The average Bonchev–Trinajstić information content (AvgIpc) is 2.83. The fourth-order valence-corrected chi connectivity index (χ4v) is 4.91. The van der Waals surface area contributed by atoms with Crippen LogP contribution in [0.25, 0.3) is 10.8 Å². The molecule has 32 heavy (non-hydrogen) atoms. The van der Waals surface area contributed by atoms with Gasteiger partial charge < -0.3 is 0 Å². The lowest BCUT2D eigenvalue weighted by Gasteiger charge is -2.07. The molecule has 0 aromatic heterocycles. The summed E-state index contributed by atoms with van der Waals surface area (Å²) in [6.45, 7) is 2.12. The zero-order valence-electron chi connectivity index (χ0n) is 21.1. The number of hydrogen-bond acceptors (Lipinski definition) is 0. The Labute approximate surface area is 199 Å². The third kappa shape index (κ3) is 12.5. The molecule has 0 amide bonds. The van der Waals surface area contributed by atoms with E-state index in [2.05, 4.69) is 61.5 Å². The molecule has 178 valence electrons. The molecular formula is C32H50. The van der Waals surface area contributed by atoms with Gasteiger partial charge >= 0.3 is 0 Å². The molecule has 2 aromatic rings. The number of unbranched alkanes of at least 4 members (excludes halogenated alkanes) is 17. The van der Waals surface area contributed by atoms with Crippen LogP contribution in [0.3, 0.4) is 0 Å². The standard InChI is InChI=1S/C32H50/c1-2-3-4-5-6-7-8-9-10-11-12-13-14-15-16-17-18-19-20-21-25-30-27-24-28-31-26-22-23-29-32(30)31/h2-3,22-24,26-29H,4-21,25H2,1H3/b3-2+. The first-order valence-electron chi connectivity index (χ1n) is 14.0. The first-order valence-corrected chi connectivity index (χ1v) is 14.0. The summed E-state index contributed by atoms with van der Waals surface area (Å²) in [6, 6.07) is 15.6. The Morgan fingerprint density at radius 3 is 1.53 bits per heavy atom. The van der Waals surface area contributed by atoms with Crippen molar-refractivity contribution in [3.05, 3.63) is 60.2 Å². The first kappa shape index (κ1) is 26.7. The molecule has 0 spiro atoms. The lowest BCUT2D eigenvalue weighted by atomic mass is 9.99. The largest absolute Gasteiger partial charge is 0.0917 e. The summed E-state index contributed by atoms with van der Waals surface area (Å²) in [5, 5.41) is 2.84. The summed E-state index contributed by atoms with van der Waals surface area (Å²) >= 11 is 0. The first-order chi connectivity index (χ1) is 15.9. The summed E-state index contributed by atoms with van der Waals surface area (Å²) in [7, 11) is 0. The summed E-state index contributed by atoms with van der Waals surface area (Å²) in [5.74, 6) is 0. The van der Waals surface area contributed by atoms with Crippen molar-refractivity contribution in [2.24, 2.45) is 0 Å². The second kappa shape index (κ2) is 19.0. The summed E-state index contributed by atoms with van der Waals surface area (Å²) in [4.78, 5) is 0. The van der Waals surface area contributed by atoms with Gasteiger partial charge in [0.1, 0.15) is 0 Å². The van der Waals surface area contributed by atoms with E-state index in [4.69, 9.17) is 0 Å². The summed E-state index contributed by atoms with van der Waals surface area (Å²) < 4.78 is 0. The Morgan fingerprint density at radius 1 is 0.500 bits per heavy atom. The van der Waals surface area contributed by atoms with Gasteiger partial charge in [-0.25, -0.2) is 0 Å². The molecule has 2 aromatic carbocycles. The van der Waals surface area contributed by atoms with Crippen molar-refractivity contribution in [1.82, 2.24) is 0 Å². The molecule has 0 aliphatic carbocycles. The third-order valence-electron chi connectivity index (χ3n) is 6.93. The van der Waals surface area contributed by atoms with Crippen LogP contribution in [0, 0.1) is 0 Å². The number of fused-ring (bicyclic) bond motifs is 1. The molecule has 0 N–H and O–H groups in total. The van der Waals surface area contributed by atoms with E-state index < -0.39 is 0 Å². The van der Waals surface area contributed by atoms with E-state index in [0.717, 1.165) is 0 Å². The van der Waals surface area contributed by atoms with E-state index in [0.29, 0.717) is 0 Å². The molecule has 0 radical (unpaired) electrons. The van der Waals surface area contributed by atoms with Gasteiger partial charge in [0.15, 0.2) is 0 Å². The van der Waals surface area contributed by atoms with Crippen LogP contribution in [0.5, 0.6) is 0 Å². The molecule has 0 aliphatic heterocycles. The minimum atomic E-state index is 1.23. The van der Waals surface area contributed by atoms with Crippen LogP contribution < -0.4 is 0 Å². The van der Waals surface area contributed by atoms with Crippen LogP contribution in [0.15, 0.2) is 54.6 Å². The van der Waals surface area contributed by atoms with E-state index in [-0.39, 0.29) is 0 Å². The van der Waals surface area contributed by atoms with Crippen molar-refractivity contribution in [1.29, 1.82) is 0 Å². The molecule has 0 heterocycles. The van der Waals surface area contributed by atoms with Gasteiger partial charge in [-0.05, 0) is 48.9 Å².